The fraction of sp³-hybridized carbons (Fsp3) is 0.765. The van der Waals surface area contributed by atoms with Gasteiger partial charge < -0.3 is 9.15 Å². The van der Waals surface area contributed by atoms with Crippen LogP contribution in [0.5, 0.6) is 0 Å². The molecule has 0 bridgehead atoms. The summed E-state index contributed by atoms with van der Waals surface area (Å²) in [4.78, 5) is 5.26. The lowest BCUT2D eigenvalue weighted by molar-refractivity contribution is -0.113. The summed E-state index contributed by atoms with van der Waals surface area (Å²) in [7, 11) is 0. The molecule has 1 aromatic rings. The first-order valence-corrected chi connectivity index (χ1v) is 8.50. The summed E-state index contributed by atoms with van der Waals surface area (Å²) in [5, 5.41) is 0. The third-order valence-corrected chi connectivity index (χ3v) is 5.38. The maximum Gasteiger partial charge on any atom is 0.117 e. The van der Waals surface area contributed by atoms with Gasteiger partial charge in [0.15, 0.2) is 0 Å². The van der Waals surface area contributed by atoms with E-state index in [4.69, 9.17) is 9.15 Å². The number of fused-ring (bicyclic) bond motifs is 1. The van der Waals surface area contributed by atoms with Crippen molar-refractivity contribution in [3.05, 3.63) is 24.2 Å². The van der Waals surface area contributed by atoms with Gasteiger partial charge in [-0.1, -0.05) is 0 Å². The minimum absolute atomic E-state index is 0.463. The molecule has 0 radical (unpaired) electrons. The van der Waals surface area contributed by atoms with Gasteiger partial charge in [-0.05, 0) is 56.8 Å². The first-order valence-electron chi connectivity index (χ1n) is 8.50. The Labute approximate surface area is 127 Å². The Morgan fingerprint density at radius 3 is 2.86 bits per heavy atom. The van der Waals surface area contributed by atoms with Crippen molar-refractivity contribution in [2.24, 2.45) is 5.92 Å². The number of hydrogen-bond acceptors (Lipinski definition) is 4. The third kappa shape index (κ3) is 2.89. The largest absolute Gasteiger partial charge is 0.468 e. The maximum absolute atomic E-state index is 6.20. The molecule has 1 aromatic heterocycles. The molecule has 0 unspecified atom stereocenters. The molecule has 116 valence electrons. The monoisotopic (exact) mass is 290 g/mol. The number of ether oxygens (including phenoxy) is 1. The van der Waals surface area contributed by atoms with Gasteiger partial charge in [-0.3, -0.25) is 9.80 Å². The lowest BCUT2D eigenvalue weighted by Gasteiger charge is -2.48. The van der Waals surface area contributed by atoms with Gasteiger partial charge in [0.05, 0.1) is 18.9 Å². The Balaban J connectivity index is 1.49. The van der Waals surface area contributed by atoms with Crippen LogP contribution in [0.4, 0.5) is 0 Å². The van der Waals surface area contributed by atoms with Crippen LogP contribution in [-0.2, 0) is 11.3 Å². The summed E-state index contributed by atoms with van der Waals surface area (Å²) >= 11 is 0. The van der Waals surface area contributed by atoms with Crippen LogP contribution in [0, 0.1) is 5.92 Å². The predicted octanol–water partition coefficient (Wildman–Crippen LogP) is 2.35. The van der Waals surface area contributed by atoms with Gasteiger partial charge in [0.1, 0.15) is 5.76 Å². The van der Waals surface area contributed by atoms with Gasteiger partial charge in [0.2, 0.25) is 0 Å². The van der Waals surface area contributed by atoms with Gasteiger partial charge in [-0.25, -0.2) is 0 Å². The van der Waals surface area contributed by atoms with Crippen molar-refractivity contribution in [2.75, 3.05) is 32.8 Å². The minimum Gasteiger partial charge on any atom is -0.468 e. The highest BCUT2D eigenvalue weighted by Gasteiger charge is 2.42. The molecule has 0 aliphatic carbocycles. The van der Waals surface area contributed by atoms with Gasteiger partial charge >= 0.3 is 0 Å². The van der Waals surface area contributed by atoms with Crippen molar-refractivity contribution >= 4 is 0 Å². The second-order valence-corrected chi connectivity index (χ2v) is 6.82. The van der Waals surface area contributed by atoms with Gasteiger partial charge in [0.25, 0.3) is 0 Å². The summed E-state index contributed by atoms with van der Waals surface area (Å²) in [6.07, 6.45) is 7.50. The molecule has 4 heteroatoms. The second kappa shape index (κ2) is 6.11. The third-order valence-electron chi connectivity index (χ3n) is 5.38. The van der Waals surface area contributed by atoms with Crippen LogP contribution in [0.15, 0.2) is 22.8 Å². The van der Waals surface area contributed by atoms with E-state index in [1.165, 1.54) is 38.8 Å². The Hall–Kier alpha value is -0.840. The molecule has 3 atom stereocenters. The molecular formula is C17H26N2O2. The van der Waals surface area contributed by atoms with Gasteiger partial charge in [0, 0.05) is 25.7 Å². The van der Waals surface area contributed by atoms with Crippen molar-refractivity contribution in [3.8, 4) is 0 Å². The Morgan fingerprint density at radius 1 is 1.14 bits per heavy atom. The first kappa shape index (κ1) is 13.8. The maximum atomic E-state index is 6.20. The molecule has 3 saturated heterocycles. The highest BCUT2D eigenvalue weighted by atomic mass is 16.5. The van der Waals surface area contributed by atoms with Crippen LogP contribution < -0.4 is 0 Å². The van der Waals surface area contributed by atoms with Gasteiger partial charge in [-0.2, -0.15) is 0 Å². The number of nitrogens with zero attached hydrogens (tertiary/aromatic N) is 2. The van der Waals surface area contributed by atoms with Crippen LogP contribution >= 0.6 is 0 Å². The Bertz CT molecular complexity index is 442. The number of piperidine rings is 1. The zero-order valence-corrected chi connectivity index (χ0v) is 12.7. The summed E-state index contributed by atoms with van der Waals surface area (Å²) in [6, 6.07) is 4.67. The quantitative estimate of drug-likeness (QED) is 0.854. The standard InChI is InChI=1S/C17H26N2O2/c1-2-8-19(7-1)16-13-18(12-15-6-4-9-20-15)11-14-5-3-10-21-17(14)16/h4,6,9,14,16-17H,1-3,5,7-8,10-13H2/t14-,16+,17-/m1/s1. The average molecular weight is 290 g/mol. The van der Waals surface area contributed by atoms with E-state index in [0.717, 1.165) is 32.0 Å². The molecule has 3 fully saturated rings. The highest BCUT2D eigenvalue weighted by Crippen LogP contribution is 2.33. The first-order chi connectivity index (χ1) is 10.4. The molecule has 3 aliphatic rings. The summed E-state index contributed by atoms with van der Waals surface area (Å²) in [6.45, 7) is 6.71. The molecule has 0 aromatic carbocycles. The molecule has 0 saturated carbocycles. The van der Waals surface area contributed by atoms with E-state index in [1.807, 2.05) is 6.07 Å². The molecule has 21 heavy (non-hydrogen) atoms. The van der Waals surface area contributed by atoms with Crippen LogP contribution in [0.1, 0.15) is 31.4 Å². The van der Waals surface area contributed by atoms with E-state index in [2.05, 4.69) is 15.9 Å². The fourth-order valence-corrected chi connectivity index (χ4v) is 4.41. The SMILES string of the molecule is c1coc(CN2C[C@H]3CCCO[C@H]3[C@@H](N3CCCC3)C2)c1. The van der Waals surface area contributed by atoms with E-state index < -0.39 is 0 Å². The van der Waals surface area contributed by atoms with Crippen molar-refractivity contribution in [3.63, 3.8) is 0 Å². The van der Waals surface area contributed by atoms with E-state index in [1.54, 1.807) is 6.26 Å². The smallest absolute Gasteiger partial charge is 0.117 e. The molecule has 0 amide bonds. The Morgan fingerprint density at radius 2 is 2.05 bits per heavy atom. The molecule has 4 heterocycles. The van der Waals surface area contributed by atoms with E-state index in [0.29, 0.717) is 18.1 Å². The average Bonchev–Trinajstić information content (AvgIpc) is 3.20. The van der Waals surface area contributed by atoms with E-state index >= 15 is 0 Å². The molecule has 3 aliphatic heterocycles. The van der Waals surface area contributed by atoms with Crippen molar-refractivity contribution < 1.29 is 9.15 Å². The molecule has 4 nitrogen and oxygen atoms in total. The second-order valence-electron chi connectivity index (χ2n) is 6.82. The molecule has 0 N–H and O–H groups in total. The lowest BCUT2D eigenvalue weighted by Crippen LogP contribution is -2.60. The zero-order chi connectivity index (χ0) is 14.1. The number of rotatable bonds is 3. The normalized spacial score (nSPS) is 35.0. The topological polar surface area (TPSA) is 28.9 Å². The summed E-state index contributed by atoms with van der Waals surface area (Å²) < 4.78 is 11.7. The summed E-state index contributed by atoms with van der Waals surface area (Å²) in [5.74, 6) is 1.79. The van der Waals surface area contributed by atoms with Crippen LogP contribution in [0.3, 0.4) is 0 Å². The van der Waals surface area contributed by atoms with Crippen molar-refractivity contribution in [2.45, 2.75) is 44.4 Å². The molecule has 0 spiro atoms. The van der Waals surface area contributed by atoms with Gasteiger partial charge in [-0.15, -0.1) is 0 Å². The van der Waals surface area contributed by atoms with Crippen LogP contribution in [0.25, 0.3) is 0 Å². The van der Waals surface area contributed by atoms with Crippen molar-refractivity contribution in [1.82, 2.24) is 9.80 Å². The lowest BCUT2D eigenvalue weighted by atomic mass is 9.84. The fourth-order valence-electron chi connectivity index (χ4n) is 4.41. The predicted molar refractivity (Wildman–Crippen MR) is 81.0 cm³/mol. The van der Waals surface area contributed by atoms with Crippen LogP contribution in [0.2, 0.25) is 0 Å². The summed E-state index contributed by atoms with van der Waals surface area (Å²) in [5.41, 5.74) is 0. The molecule has 4 rings (SSSR count). The van der Waals surface area contributed by atoms with E-state index in [9.17, 15) is 0 Å². The molecular weight excluding hydrogens is 264 g/mol. The van der Waals surface area contributed by atoms with Crippen molar-refractivity contribution in [1.29, 1.82) is 0 Å². The highest BCUT2D eigenvalue weighted by molar-refractivity contribution is 5.01. The zero-order valence-electron chi connectivity index (χ0n) is 12.7. The number of hydrogen-bond donors (Lipinski definition) is 0. The number of likely N-dealkylation sites (tertiary alicyclic amines) is 2. The number of furan rings is 1. The minimum atomic E-state index is 0.463. The van der Waals surface area contributed by atoms with E-state index in [-0.39, 0.29) is 0 Å². The van der Waals surface area contributed by atoms with Crippen LogP contribution in [-0.4, -0.2) is 54.7 Å². The Kier molecular flexibility index (Phi) is 4.01.